The molecule has 0 aromatic carbocycles. The molecule has 2 saturated heterocycles. The molecule has 21 heavy (non-hydrogen) atoms. The highest BCUT2D eigenvalue weighted by atomic mass is 16.2. The molecule has 0 spiro atoms. The molecule has 1 N–H and O–H groups in total. The summed E-state index contributed by atoms with van der Waals surface area (Å²) in [5.41, 5.74) is -0.581. The molecule has 3 rings (SSSR count). The normalized spacial score (nSPS) is 21.7. The van der Waals surface area contributed by atoms with E-state index in [9.17, 15) is 9.59 Å². The summed E-state index contributed by atoms with van der Waals surface area (Å²) in [4.78, 5) is 31.0. The number of rotatable bonds is 2. The molecule has 0 amide bonds. The molecule has 0 saturated carbocycles. The number of hydrogen-bond donors (Lipinski definition) is 1. The quantitative estimate of drug-likeness (QED) is 0.864. The van der Waals surface area contributed by atoms with Crippen molar-refractivity contribution in [1.82, 2.24) is 14.5 Å². The van der Waals surface area contributed by atoms with Gasteiger partial charge in [0, 0.05) is 32.2 Å². The number of aromatic nitrogens is 2. The zero-order valence-electron chi connectivity index (χ0n) is 12.7. The number of piperidine rings is 2. The van der Waals surface area contributed by atoms with E-state index in [1.807, 2.05) is 0 Å². The Morgan fingerprint density at radius 3 is 2.33 bits per heavy atom. The first-order chi connectivity index (χ1) is 10.1. The fourth-order valence-electron chi connectivity index (χ4n) is 3.47. The molecule has 1 aromatic heterocycles. The van der Waals surface area contributed by atoms with Gasteiger partial charge in [-0.15, -0.1) is 0 Å². The smallest absolute Gasteiger partial charge is 0.329 e. The van der Waals surface area contributed by atoms with Crippen LogP contribution in [0.4, 0.5) is 5.82 Å². The summed E-state index contributed by atoms with van der Waals surface area (Å²) in [6.45, 7) is 4.27. The molecule has 0 radical (unpaired) electrons. The van der Waals surface area contributed by atoms with Gasteiger partial charge in [0.25, 0.3) is 5.56 Å². The molecule has 0 aliphatic carbocycles. The van der Waals surface area contributed by atoms with E-state index in [0.29, 0.717) is 11.9 Å². The van der Waals surface area contributed by atoms with Crippen molar-refractivity contribution in [1.29, 1.82) is 0 Å². The third kappa shape index (κ3) is 3.05. The lowest BCUT2D eigenvalue weighted by molar-refractivity contribution is 0.141. The Kier molecular flexibility index (Phi) is 4.14. The molecule has 2 aliphatic heterocycles. The van der Waals surface area contributed by atoms with Gasteiger partial charge in [-0.3, -0.25) is 14.3 Å². The van der Waals surface area contributed by atoms with E-state index in [4.69, 9.17) is 0 Å². The van der Waals surface area contributed by atoms with Gasteiger partial charge in [-0.25, -0.2) is 4.79 Å². The maximum atomic E-state index is 11.7. The zero-order chi connectivity index (χ0) is 14.8. The standard InChI is InChI=1S/C15H24N4O2/c1-17-14(20)11-13(16-15(17)21)19-9-5-12(6-10-19)18-7-3-2-4-8-18/h11-12H,2-10H2,1H3,(H,16,21). The minimum Gasteiger partial charge on any atom is -0.358 e. The van der Waals surface area contributed by atoms with Gasteiger partial charge in [0.2, 0.25) is 0 Å². The Morgan fingerprint density at radius 1 is 1.05 bits per heavy atom. The second-order valence-electron chi connectivity index (χ2n) is 6.17. The van der Waals surface area contributed by atoms with Crippen LogP contribution in [-0.2, 0) is 7.05 Å². The summed E-state index contributed by atoms with van der Waals surface area (Å²) in [5.74, 6) is 0.667. The summed E-state index contributed by atoms with van der Waals surface area (Å²) in [6.07, 6.45) is 6.23. The van der Waals surface area contributed by atoms with Crippen molar-refractivity contribution >= 4 is 5.82 Å². The van der Waals surface area contributed by atoms with Crippen LogP contribution in [0.1, 0.15) is 32.1 Å². The third-order valence-electron chi connectivity index (χ3n) is 4.84. The first-order valence-corrected chi connectivity index (χ1v) is 7.94. The molecule has 0 atom stereocenters. The van der Waals surface area contributed by atoms with Crippen LogP contribution in [0.15, 0.2) is 15.7 Å². The Bertz CT molecular complexity index is 561. The predicted octanol–water partition coefficient (Wildman–Crippen LogP) is 0.528. The van der Waals surface area contributed by atoms with Crippen molar-refractivity contribution in [3.63, 3.8) is 0 Å². The predicted molar refractivity (Wildman–Crippen MR) is 83.0 cm³/mol. The number of H-pyrrole nitrogens is 1. The van der Waals surface area contributed by atoms with E-state index in [1.54, 1.807) is 0 Å². The molecular weight excluding hydrogens is 268 g/mol. The van der Waals surface area contributed by atoms with E-state index in [2.05, 4.69) is 14.8 Å². The Hall–Kier alpha value is -1.56. The largest absolute Gasteiger partial charge is 0.358 e. The fraction of sp³-hybridized carbons (Fsp3) is 0.733. The van der Waals surface area contributed by atoms with Crippen molar-refractivity contribution in [2.45, 2.75) is 38.1 Å². The maximum Gasteiger partial charge on any atom is 0.329 e. The lowest BCUT2D eigenvalue weighted by Crippen LogP contribution is -2.47. The van der Waals surface area contributed by atoms with Crippen LogP contribution in [0.3, 0.4) is 0 Å². The summed E-state index contributed by atoms with van der Waals surface area (Å²) in [5, 5.41) is 0. The van der Waals surface area contributed by atoms with Gasteiger partial charge < -0.3 is 9.80 Å². The molecular formula is C15H24N4O2. The number of nitrogens with zero attached hydrogens (tertiary/aromatic N) is 3. The van der Waals surface area contributed by atoms with Gasteiger partial charge >= 0.3 is 5.69 Å². The minimum absolute atomic E-state index is 0.244. The molecule has 2 fully saturated rings. The first-order valence-electron chi connectivity index (χ1n) is 7.94. The van der Waals surface area contributed by atoms with E-state index in [0.717, 1.165) is 30.5 Å². The van der Waals surface area contributed by atoms with Crippen molar-refractivity contribution < 1.29 is 0 Å². The van der Waals surface area contributed by atoms with E-state index in [1.165, 1.54) is 45.5 Å². The van der Waals surface area contributed by atoms with Crippen LogP contribution >= 0.6 is 0 Å². The van der Waals surface area contributed by atoms with Gasteiger partial charge in [0.05, 0.1) is 0 Å². The summed E-state index contributed by atoms with van der Waals surface area (Å²) in [6, 6.07) is 2.20. The highest BCUT2D eigenvalue weighted by Gasteiger charge is 2.26. The SMILES string of the molecule is Cn1c(=O)cc(N2CCC(N3CCCCC3)CC2)[nH]c1=O. The van der Waals surface area contributed by atoms with Gasteiger partial charge in [-0.05, 0) is 38.8 Å². The van der Waals surface area contributed by atoms with Crippen molar-refractivity contribution in [3.05, 3.63) is 26.9 Å². The van der Waals surface area contributed by atoms with Crippen LogP contribution in [0, 0.1) is 0 Å². The van der Waals surface area contributed by atoms with Gasteiger partial charge in [0.1, 0.15) is 5.82 Å². The number of likely N-dealkylation sites (tertiary alicyclic amines) is 1. The number of anilines is 1. The van der Waals surface area contributed by atoms with Gasteiger partial charge in [-0.1, -0.05) is 6.42 Å². The first kappa shape index (κ1) is 14.4. The monoisotopic (exact) mass is 292 g/mol. The number of nitrogens with one attached hydrogen (secondary N) is 1. The average Bonchev–Trinajstić information content (AvgIpc) is 2.53. The molecule has 3 heterocycles. The lowest BCUT2D eigenvalue weighted by atomic mass is 10.00. The molecule has 6 heteroatoms. The van der Waals surface area contributed by atoms with Gasteiger partial charge in [0.15, 0.2) is 0 Å². The van der Waals surface area contributed by atoms with E-state index in [-0.39, 0.29) is 11.2 Å². The van der Waals surface area contributed by atoms with E-state index < -0.39 is 0 Å². The van der Waals surface area contributed by atoms with Crippen LogP contribution in [-0.4, -0.2) is 46.7 Å². The van der Waals surface area contributed by atoms with E-state index >= 15 is 0 Å². The summed E-state index contributed by atoms with van der Waals surface area (Å²) < 4.78 is 1.10. The van der Waals surface area contributed by atoms with Crippen LogP contribution < -0.4 is 16.1 Å². The maximum absolute atomic E-state index is 11.7. The van der Waals surface area contributed by atoms with Crippen LogP contribution in [0.2, 0.25) is 0 Å². The minimum atomic E-state index is -0.337. The third-order valence-corrected chi connectivity index (χ3v) is 4.84. The Labute approximate surface area is 124 Å². The lowest BCUT2D eigenvalue weighted by Gasteiger charge is -2.40. The van der Waals surface area contributed by atoms with Crippen molar-refractivity contribution in [2.75, 3.05) is 31.1 Å². The van der Waals surface area contributed by atoms with Crippen molar-refractivity contribution in [2.24, 2.45) is 7.05 Å². The second kappa shape index (κ2) is 6.05. The van der Waals surface area contributed by atoms with Gasteiger partial charge in [-0.2, -0.15) is 0 Å². The molecule has 0 bridgehead atoms. The topological polar surface area (TPSA) is 61.3 Å². The number of aromatic amines is 1. The highest BCUT2D eigenvalue weighted by Crippen LogP contribution is 2.22. The fourth-order valence-corrected chi connectivity index (χ4v) is 3.47. The molecule has 0 unspecified atom stereocenters. The molecule has 1 aromatic rings. The second-order valence-corrected chi connectivity index (χ2v) is 6.17. The highest BCUT2D eigenvalue weighted by molar-refractivity contribution is 5.37. The van der Waals surface area contributed by atoms with Crippen LogP contribution in [0.25, 0.3) is 0 Å². The summed E-state index contributed by atoms with van der Waals surface area (Å²) >= 11 is 0. The zero-order valence-corrected chi connectivity index (χ0v) is 12.7. The molecule has 2 aliphatic rings. The molecule has 116 valence electrons. The number of hydrogen-bond acceptors (Lipinski definition) is 4. The Morgan fingerprint density at radius 2 is 1.71 bits per heavy atom. The Balaban J connectivity index is 1.65. The average molecular weight is 292 g/mol. The molecule has 6 nitrogen and oxygen atoms in total. The van der Waals surface area contributed by atoms with Crippen molar-refractivity contribution in [3.8, 4) is 0 Å². The van der Waals surface area contributed by atoms with Crippen LogP contribution in [0.5, 0.6) is 0 Å². The summed E-state index contributed by atoms with van der Waals surface area (Å²) in [7, 11) is 1.49.